The second-order valence-electron chi connectivity index (χ2n) is 4.85. The third kappa shape index (κ3) is 4.57. The Morgan fingerprint density at radius 2 is 1.95 bits per heavy atom. The van der Waals surface area contributed by atoms with E-state index in [0.29, 0.717) is 12.2 Å². The fourth-order valence-electron chi connectivity index (χ4n) is 1.81. The topological polar surface area (TPSA) is 75.6 Å². The lowest BCUT2D eigenvalue weighted by atomic mass is 10.0. The normalized spacial score (nSPS) is 12.0. The number of ether oxygens (including phenoxy) is 1. The van der Waals surface area contributed by atoms with Gasteiger partial charge in [-0.1, -0.05) is 39.0 Å². The van der Waals surface area contributed by atoms with Gasteiger partial charge >= 0.3 is 5.97 Å². The summed E-state index contributed by atoms with van der Waals surface area (Å²) in [4.78, 5) is 22.5. The van der Waals surface area contributed by atoms with E-state index in [2.05, 4.69) is 5.32 Å². The van der Waals surface area contributed by atoms with Gasteiger partial charge in [-0.05, 0) is 24.0 Å². The zero-order valence-corrected chi connectivity index (χ0v) is 12.1. The highest BCUT2D eigenvalue weighted by atomic mass is 16.5. The number of aliphatic carboxylic acids is 1. The van der Waals surface area contributed by atoms with Crippen LogP contribution in [0.2, 0.25) is 0 Å². The van der Waals surface area contributed by atoms with E-state index in [1.807, 2.05) is 32.0 Å². The molecular formula is C15H21NO4. The molecule has 0 aliphatic carbocycles. The van der Waals surface area contributed by atoms with Crippen molar-refractivity contribution in [3.05, 3.63) is 29.8 Å². The van der Waals surface area contributed by atoms with Gasteiger partial charge < -0.3 is 15.2 Å². The monoisotopic (exact) mass is 279 g/mol. The lowest BCUT2D eigenvalue weighted by Gasteiger charge is -2.15. The van der Waals surface area contributed by atoms with Crippen molar-refractivity contribution >= 4 is 11.9 Å². The first-order chi connectivity index (χ1) is 9.45. The summed E-state index contributed by atoms with van der Waals surface area (Å²) < 4.78 is 5.48. The van der Waals surface area contributed by atoms with E-state index in [9.17, 15) is 9.59 Å². The molecule has 0 unspecified atom stereocenters. The fourth-order valence-corrected chi connectivity index (χ4v) is 1.81. The number of benzene rings is 1. The first kappa shape index (κ1) is 16.0. The highest BCUT2D eigenvalue weighted by Gasteiger charge is 2.18. The van der Waals surface area contributed by atoms with E-state index < -0.39 is 17.9 Å². The molecule has 0 aromatic heterocycles. The van der Waals surface area contributed by atoms with Crippen LogP contribution in [0.1, 0.15) is 38.7 Å². The average Bonchev–Trinajstić information content (AvgIpc) is 2.42. The van der Waals surface area contributed by atoms with Crippen molar-refractivity contribution in [1.82, 2.24) is 5.32 Å². The third-order valence-corrected chi connectivity index (χ3v) is 2.94. The smallest absolute Gasteiger partial charge is 0.326 e. The van der Waals surface area contributed by atoms with Crippen molar-refractivity contribution in [3.8, 4) is 5.75 Å². The molecule has 1 aromatic carbocycles. The number of hydrogen-bond donors (Lipinski definition) is 2. The van der Waals surface area contributed by atoms with Crippen LogP contribution in [0.5, 0.6) is 5.75 Å². The zero-order chi connectivity index (χ0) is 15.1. The molecule has 0 saturated heterocycles. The van der Waals surface area contributed by atoms with Gasteiger partial charge in [0.2, 0.25) is 0 Å². The quantitative estimate of drug-likeness (QED) is 0.802. The molecule has 0 radical (unpaired) electrons. The molecule has 5 heteroatoms. The van der Waals surface area contributed by atoms with Crippen LogP contribution < -0.4 is 10.1 Å². The van der Waals surface area contributed by atoms with Gasteiger partial charge in [0.05, 0.1) is 0 Å². The Morgan fingerprint density at radius 1 is 1.30 bits per heavy atom. The maximum Gasteiger partial charge on any atom is 0.326 e. The molecular weight excluding hydrogens is 258 g/mol. The van der Waals surface area contributed by atoms with E-state index >= 15 is 0 Å². The molecule has 0 fully saturated rings. The number of carbonyl (C=O) groups is 2. The second kappa shape index (κ2) is 7.53. The van der Waals surface area contributed by atoms with Gasteiger partial charge in [0.25, 0.3) is 5.91 Å². The summed E-state index contributed by atoms with van der Waals surface area (Å²) in [7, 11) is 0. The standard InChI is InChI=1S/C15H21NO4/c1-4-12(15(18)19)16-14(17)9-20-13-8-6-5-7-11(13)10(2)3/h5-8,10,12H,4,9H2,1-3H3,(H,16,17)(H,18,19)/t12-/m0/s1. The number of nitrogens with one attached hydrogen (secondary N) is 1. The highest BCUT2D eigenvalue weighted by molar-refractivity contribution is 5.84. The molecule has 0 heterocycles. The van der Waals surface area contributed by atoms with E-state index in [0.717, 1.165) is 5.56 Å². The molecule has 1 aromatic rings. The van der Waals surface area contributed by atoms with Crippen LogP contribution in [-0.2, 0) is 9.59 Å². The molecule has 1 rings (SSSR count). The molecule has 0 bridgehead atoms. The van der Waals surface area contributed by atoms with E-state index in [1.165, 1.54) is 0 Å². The van der Waals surface area contributed by atoms with Crippen LogP contribution in [0.3, 0.4) is 0 Å². The SMILES string of the molecule is CC[C@H](NC(=O)COc1ccccc1C(C)C)C(=O)O. The number of carbonyl (C=O) groups excluding carboxylic acids is 1. The summed E-state index contributed by atoms with van der Waals surface area (Å²) in [5.74, 6) is -0.529. The number of carboxylic acids is 1. The maximum atomic E-state index is 11.7. The van der Waals surface area contributed by atoms with E-state index in [4.69, 9.17) is 9.84 Å². The molecule has 0 spiro atoms. The minimum atomic E-state index is -1.04. The lowest BCUT2D eigenvalue weighted by molar-refractivity contribution is -0.142. The molecule has 0 aliphatic rings. The predicted octanol–water partition coefficient (Wildman–Crippen LogP) is 2.17. The van der Waals surface area contributed by atoms with Crippen LogP contribution in [0, 0.1) is 0 Å². The highest BCUT2D eigenvalue weighted by Crippen LogP contribution is 2.25. The molecule has 1 atom stereocenters. The van der Waals surface area contributed by atoms with Gasteiger partial charge in [-0.15, -0.1) is 0 Å². The molecule has 0 aliphatic heterocycles. The maximum absolute atomic E-state index is 11.7. The molecule has 110 valence electrons. The van der Waals surface area contributed by atoms with Crippen LogP contribution in [0.25, 0.3) is 0 Å². The van der Waals surface area contributed by atoms with E-state index in [1.54, 1.807) is 13.0 Å². The Bertz CT molecular complexity index is 471. The van der Waals surface area contributed by atoms with Crippen molar-refractivity contribution < 1.29 is 19.4 Å². The van der Waals surface area contributed by atoms with Gasteiger partial charge in [-0.2, -0.15) is 0 Å². The molecule has 20 heavy (non-hydrogen) atoms. The molecule has 1 amide bonds. The van der Waals surface area contributed by atoms with Gasteiger partial charge in [-0.25, -0.2) is 4.79 Å². The minimum absolute atomic E-state index is 0.187. The van der Waals surface area contributed by atoms with Crippen molar-refractivity contribution in [3.63, 3.8) is 0 Å². The number of amides is 1. The van der Waals surface area contributed by atoms with Crippen molar-refractivity contribution in [2.45, 2.75) is 39.2 Å². The van der Waals surface area contributed by atoms with Gasteiger partial charge in [0.15, 0.2) is 6.61 Å². The van der Waals surface area contributed by atoms with Crippen LogP contribution in [0.4, 0.5) is 0 Å². The summed E-state index contributed by atoms with van der Waals surface area (Å²) in [6.07, 6.45) is 0.337. The Balaban J connectivity index is 2.59. The van der Waals surface area contributed by atoms with Crippen LogP contribution in [0.15, 0.2) is 24.3 Å². The Labute approximate surface area is 118 Å². The summed E-state index contributed by atoms with van der Waals surface area (Å²) in [5, 5.41) is 11.3. The molecule has 2 N–H and O–H groups in total. The Morgan fingerprint density at radius 3 is 2.50 bits per heavy atom. The number of hydrogen-bond acceptors (Lipinski definition) is 3. The van der Waals surface area contributed by atoms with Gasteiger partial charge in [0, 0.05) is 0 Å². The summed E-state index contributed by atoms with van der Waals surface area (Å²) in [6.45, 7) is 5.60. The van der Waals surface area contributed by atoms with Crippen molar-refractivity contribution in [2.75, 3.05) is 6.61 Å². The van der Waals surface area contributed by atoms with E-state index in [-0.39, 0.29) is 12.5 Å². The molecule has 5 nitrogen and oxygen atoms in total. The Kier molecular flexibility index (Phi) is 6.03. The molecule has 0 saturated carbocycles. The first-order valence-electron chi connectivity index (χ1n) is 6.69. The lowest BCUT2D eigenvalue weighted by Crippen LogP contribution is -2.42. The number of rotatable bonds is 7. The largest absolute Gasteiger partial charge is 0.483 e. The van der Waals surface area contributed by atoms with Crippen LogP contribution >= 0.6 is 0 Å². The summed E-state index contributed by atoms with van der Waals surface area (Å²) in [6, 6.07) is 6.64. The third-order valence-electron chi connectivity index (χ3n) is 2.94. The zero-order valence-electron chi connectivity index (χ0n) is 12.1. The predicted molar refractivity (Wildman–Crippen MR) is 75.9 cm³/mol. The minimum Gasteiger partial charge on any atom is -0.483 e. The number of para-hydroxylation sites is 1. The van der Waals surface area contributed by atoms with Crippen molar-refractivity contribution in [1.29, 1.82) is 0 Å². The summed E-state index contributed by atoms with van der Waals surface area (Å²) >= 11 is 0. The van der Waals surface area contributed by atoms with Gasteiger partial charge in [-0.3, -0.25) is 4.79 Å². The van der Waals surface area contributed by atoms with Crippen LogP contribution in [-0.4, -0.2) is 29.6 Å². The Hall–Kier alpha value is -2.04. The second-order valence-corrected chi connectivity index (χ2v) is 4.85. The first-order valence-corrected chi connectivity index (χ1v) is 6.69. The summed E-state index contributed by atoms with van der Waals surface area (Å²) in [5.41, 5.74) is 1.02. The fraction of sp³-hybridized carbons (Fsp3) is 0.467. The van der Waals surface area contributed by atoms with Crippen molar-refractivity contribution in [2.24, 2.45) is 0 Å². The number of carboxylic acid groups (broad SMARTS) is 1. The average molecular weight is 279 g/mol. The van der Waals surface area contributed by atoms with Gasteiger partial charge in [0.1, 0.15) is 11.8 Å².